The molecule has 3 N–H and O–H groups in total. The van der Waals surface area contributed by atoms with Gasteiger partial charge in [-0.15, -0.1) is 0 Å². The van der Waals surface area contributed by atoms with Crippen molar-refractivity contribution in [2.75, 3.05) is 11.5 Å². The summed E-state index contributed by atoms with van der Waals surface area (Å²) in [6.07, 6.45) is -5.38. The Morgan fingerprint density at radius 3 is 2.17 bits per heavy atom. The molecule has 0 aromatic carbocycles. The maximum absolute atomic E-state index is 11.5. The fourth-order valence-electron chi connectivity index (χ4n) is 0.500. The second-order valence-electron chi connectivity index (χ2n) is 2.06. The van der Waals surface area contributed by atoms with Crippen LogP contribution in [0.5, 0.6) is 0 Å². The van der Waals surface area contributed by atoms with Crippen LogP contribution >= 0.6 is 11.8 Å². The number of alkyl halides is 3. The summed E-state index contributed by atoms with van der Waals surface area (Å²) in [4.78, 5) is 10.1. The first-order valence-corrected chi connectivity index (χ1v) is 4.01. The number of ether oxygens (including phenoxy) is 1. The summed E-state index contributed by atoms with van der Waals surface area (Å²) in [5, 5.41) is 0. The van der Waals surface area contributed by atoms with Crippen molar-refractivity contribution >= 4 is 17.7 Å². The predicted molar refractivity (Wildman–Crippen MR) is 38.3 cm³/mol. The van der Waals surface area contributed by atoms with Gasteiger partial charge in [-0.25, -0.2) is 4.79 Å². The van der Waals surface area contributed by atoms with Crippen molar-refractivity contribution in [3.63, 3.8) is 0 Å². The van der Waals surface area contributed by atoms with E-state index >= 15 is 0 Å². The van der Waals surface area contributed by atoms with Crippen molar-refractivity contribution in [3.8, 4) is 0 Å². The van der Waals surface area contributed by atoms with Crippen LogP contribution in [-0.4, -0.2) is 29.8 Å². The second kappa shape index (κ2) is 3.99. The molecule has 0 bridgehead atoms. The first-order chi connectivity index (χ1) is 5.00. The Labute approximate surface area is 71.2 Å². The highest BCUT2D eigenvalue weighted by atomic mass is 32.2. The van der Waals surface area contributed by atoms with E-state index in [9.17, 15) is 18.0 Å². The molecule has 0 aromatic heterocycles. The predicted octanol–water partition coefficient (Wildman–Crippen LogP) is 1.37. The lowest BCUT2D eigenvalue weighted by molar-refractivity contribution is -0.203. The fourth-order valence-corrected chi connectivity index (χ4v) is 1.06. The Hall–Kier alpha value is -0.430. The third-order valence-corrected chi connectivity index (χ3v) is 2.33. The molecule has 1 rings (SSSR count). The standard InChI is InChI=1S/C5H5F3O2S.H3N/c6-5(7,8)4(9)10-3-1-11-2-3;/h3H,1-2H2;1H3. The molecule has 7 heteroatoms. The topological polar surface area (TPSA) is 61.3 Å². The minimum absolute atomic E-state index is 0. The third kappa shape index (κ3) is 2.90. The monoisotopic (exact) mass is 203 g/mol. The fraction of sp³-hybridized carbons (Fsp3) is 0.800. The van der Waals surface area contributed by atoms with Crippen LogP contribution in [0.2, 0.25) is 0 Å². The van der Waals surface area contributed by atoms with Gasteiger partial charge >= 0.3 is 12.1 Å². The number of esters is 1. The largest absolute Gasteiger partial charge is 0.490 e. The maximum Gasteiger partial charge on any atom is 0.490 e. The van der Waals surface area contributed by atoms with Gasteiger partial charge in [0.05, 0.1) is 0 Å². The minimum atomic E-state index is -4.85. The number of rotatable bonds is 1. The van der Waals surface area contributed by atoms with Gasteiger partial charge in [0.15, 0.2) is 0 Å². The molecule has 0 saturated carbocycles. The van der Waals surface area contributed by atoms with E-state index in [-0.39, 0.29) is 6.15 Å². The van der Waals surface area contributed by atoms with Crippen LogP contribution in [0.4, 0.5) is 13.2 Å². The summed E-state index contributed by atoms with van der Waals surface area (Å²) < 4.78 is 38.5. The molecule has 1 saturated heterocycles. The van der Waals surface area contributed by atoms with Crippen LogP contribution < -0.4 is 6.15 Å². The summed E-state index contributed by atoms with van der Waals surface area (Å²) in [5.74, 6) is -1.13. The van der Waals surface area contributed by atoms with E-state index in [1.165, 1.54) is 11.8 Å². The van der Waals surface area contributed by atoms with Crippen molar-refractivity contribution in [2.45, 2.75) is 12.3 Å². The molecule has 0 amide bonds. The third-order valence-electron chi connectivity index (χ3n) is 1.11. The van der Waals surface area contributed by atoms with Gasteiger partial charge in [-0.2, -0.15) is 24.9 Å². The summed E-state index contributed by atoms with van der Waals surface area (Å²) in [6.45, 7) is 0. The molecule has 0 radical (unpaired) electrons. The molecule has 0 aliphatic carbocycles. The van der Waals surface area contributed by atoms with Gasteiger partial charge in [-0.3, -0.25) is 0 Å². The zero-order valence-corrected chi connectivity index (χ0v) is 6.87. The Kier molecular flexibility index (Phi) is 3.85. The molecule has 1 aliphatic rings. The molecule has 0 spiro atoms. The molecule has 72 valence electrons. The smallest absolute Gasteiger partial charge is 0.454 e. The molecule has 1 aliphatic heterocycles. The van der Waals surface area contributed by atoms with E-state index in [4.69, 9.17) is 0 Å². The summed E-state index contributed by atoms with van der Waals surface area (Å²) in [5.41, 5.74) is 0. The normalized spacial score (nSPS) is 17.6. The van der Waals surface area contributed by atoms with Gasteiger partial charge in [0.25, 0.3) is 0 Å². The number of hydrogen-bond acceptors (Lipinski definition) is 4. The van der Waals surface area contributed by atoms with Crippen LogP contribution in [0.3, 0.4) is 0 Å². The van der Waals surface area contributed by atoms with Crippen LogP contribution in [0.15, 0.2) is 0 Å². The van der Waals surface area contributed by atoms with Crippen molar-refractivity contribution < 1.29 is 22.7 Å². The highest BCUT2D eigenvalue weighted by Gasteiger charge is 2.43. The van der Waals surface area contributed by atoms with Gasteiger partial charge in [0.1, 0.15) is 6.10 Å². The molecule has 1 heterocycles. The van der Waals surface area contributed by atoms with E-state index in [1.54, 1.807) is 0 Å². The van der Waals surface area contributed by atoms with Gasteiger partial charge in [-0.1, -0.05) is 0 Å². The van der Waals surface area contributed by atoms with Crippen molar-refractivity contribution in [1.82, 2.24) is 6.15 Å². The average molecular weight is 203 g/mol. The minimum Gasteiger partial charge on any atom is -0.454 e. The highest BCUT2D eigenvalue weighted by Crippen LogP contribution is 2.24. The van der Waals surface area contributed by atoms with Gasteiger partial charge < -0.3 is 10.9 Å². The van der Waals surface area contributed by atoms with E-state index in [2.05, 4.69) is 4.74 Å². The molecular formula is C5H8F3NO2S. The molecule has 0 atom stereocenters. The lowest BCUT2D eigenvalue weighted by Gasteiger charge is -2.24. The number of hydrogen-bond donors (Lipinski definition) is 1. The second-order valence-corrected chi connectivity index (χ2v) is 3.14. The first-order valence-electron chi connectivity index (χ1n) is 2.85. The zero-order valence-electron chi connectivity index (χ0n) is 6.06. The van der Waals surface area contributed by atoms with Gasteiger partial charge in [0, 0.05) is 11.5 Å². The number of halogens is 3. The Morgan fingerprint density at radius 2 is 1.92 bits per heavy atom. The van der Waals surface area contributed by atoms with Crippen molar-refractivity contribution in [1.29, 1.82) is 0 Å². The summed E-state index contributed by atoms with van der Waals surface area (Å²) in [6, 6.07) is 0. The molecule has 3 nitrogen and oxygen atoms in total. The maximum atomic E-state index is 11.5. The van der Waals surface area contributed by atoms with E-state index in [0.717, 1.165) is 0 Å². The lowest BCUT2D eigenvalue weighted by Crippen LogP contribution is -2.36. The van der Waals surface area contributed by atoms with E-state index in [1.807, 2.05) is 0 Å². The van der Waals surface area contributed by atoms with E-state index < -0.39 is 18.2 Å². The Balaban J connectivity index is 0.00000121. The highest BCUT2D eigenvalue weighted by molar-refractivity contribution is 8.00. The van der Waals surface area contributed by atoms with Crippen LogP contribution in [0.25, 0.3) is 0 Å². The molecule has 0 aromatic rings. The molecule has 12 heavy (non-hydrogen) atoms. The summed E-state index contributed by atoms with van der Waals surface area (Å²) in [7, 11) is 0. The van der Waals surface area contributed by atoms with Gasteiger partial charge in [-0.05, 0) is 0 Å². The van der Waals surface area contributed by atoms with Crippen molar-refractivity contribution in [2.24, 2.45) is 0 Å². The van der Waals surface area contributed by atoms with Crippen molar-refractivity contribution in [3.05, 3.63) is 0 Å². The molecule has 0 unspecified atom stereocenters. The molecule has 1 fully saturated rings. The summed E-state index contributed by atoms with van der Waals surface area (Å²) >= 11 is 1.45. The SMILES string of the molecule is N.O=C(OC1CSC1)C(F)(F)F. The Bertz CT molecular complexity index is 169. The number of carbonyl (C=O) groups is 1. The molecular weight excluding hydrogens is 195 g/mol. The first kappa shape index (κ1) is 11.6. The Morgan fingerprint density at radius 1 is 1.42 bits per heavy atom. The number of thioether (sulfide) groups is 1. The lowest BCUT2D eigenvalue weighted by atomic mass is 10.4. The van der Waals surface area contributed by atoms with Crippen LogP contribution in [-0.2, 0) is 9.53 Å². The van der Waals surface area contributed by atoms with Crippen LogP contribution in [0, 0.1) is 0 Å². The number of carbonyl (C=O) groups excluding carboxylic acids is 1. The zero-order chi connectivity index (χ0) is 8.48. The quantitative estimate of drug-likeness (QED) is 0.654. The van der Waals surface area contributed by atoms with Gasteiger partial charge in [0.2, 0.25) is 0 Å². The van der Waals surface area contributed by atoms with Crippen LogP contribution in [0.1, 0.15) is 0 Å². The average Bonchev–Trinajstić information content (AvgIpc) is 1.75. The van der Waals surface area contributed by atoms with E-state index in [0.29, 0.717) is 11.5 Å².